The summed E-state index contributed by atoms with van der Waals surface area (Å²) in [5.74, 6) is -0.781. The highest BCUT2D eigenvalue weighted by atomic mass is 16.4. The molecule has 2 N–H and O–H groups in total. The predicted molar refractivity (Wildman–Crippen MR) is 67.8 cm³/mol. The van der Waals surface area contributed by atoms with Crippen molar-refractivity contribution in [3.63, 3.8) is 0 Å². The van der Waals surface area contributed by atoms with Gasteiger partial charge in [0.2, 0.25) is 0 Å². The number of carbonyl (C=O) groups is 1. The zero-order valence-electron chi connectivity index (χ0n) is 10.1. The minimum Gasteiger partial charge on any atom is -0.480 e. The number of aliphatic carboxylic acids is 1. The number of carboxylic acid groups (broad SMARTS) is 1. The van der Waals surface area contributed by atoms with Gasteiger partial charge >= 0.3 is 5.97 Å². The van der Waals surface area contributed by atoms with E-state index < -0.39 is 12.0 Å². The summed E-state index contributed by atoms with van der Waals surface area (Å²) < 4.78 is 0. The van der Waals surface area contributed by atoms with Crippen LogP contribution in [0.5, 0.6) is 0 Å². The molecule has 0 unspecified atom stereocenters. The zero-order chi connectivity index (χ0) is 12.4. The average Bonchev–Trinajstić information content (AvgIpc) is 2.28. The van der Waals surface area contributed by atoms with Gasteiger partial charge in [-0.1, -0.05) is 30.3 Å². The van der Waals surface area contributed by atoms with E-state index in [4.69, 9.17) is 5.11 Å². The first kappa shape index (κ1) is 11.9. The quantitative estimate of drug-likeness (QED) is 0.820. The summed E-state index contributed by atoms with van der Waals surface area (Å²) in [6, 6.07) is 7.71. The van der Waals surface area contributed by atoms with Crippen LogP contribution in [0.3, 0.4) is 0 Å². The summed E-state index contributed by atoms with van der Waals surface area (Å²) in [4.78, 5) is 11.1. The van der Waals surface area contributed by atoms with Crippen molar-refractivity contribution in [1.29, 1.82) is 0 Å². The Hall–Kier alpha value is -1.61. The fourth-order valence-electron chi connectivity index (χ4n) is 2.31. The molecule has 0 aromatic heterocycles. The highest BCUT2D eigenvalue weighted by molar-refractivity contribution is 5.80. The lowest BCUT2D eigenvalue weighted by molar-refractivity contribution is -0.139. The van der Waals surface area contributed by atoms with Crippen molar-refractivity contribution in [2.75, 3.05) is 0 Å². The van der Waals surface area contributed by atoms with Crippen molar-refractivity contribution >= 4 is 11.5 Å². The molecule has 0 aliphatic carbocycles. The molecule has 1 aliphatic rings. The van der Waals surface area contributed by atoms with Gasteiger partial charge in [-0.05, 0) is 37.0 Å². The Morgan fingerprint density at radius 3 is 2.76 bits per heavy atom. The molecule has 0 radical (unpaired) electrons. The topological polar surface area (TPSA) is 49.3 Å². The third kappa shape index (κ3) is 2.56. The Bertz CT molecular complexity index is 465. The first-order valence-corrected chi connectivity index (χ1v) is 5.83. The van der Waals surface area contributed by atoms with Gasteiger partial charge in [0, 0.05) is 6.04 Å². The first-order valence-electron chi connectivity index (χ1n) is 5.83. The number of carboxylic acids is 1. The van der Waals surface area contributed by atoms with Crippen LogP contribution in [-0.4, -0.2) is 23.2 Å². The molecular weight excluding hydrogens is 214 g/mol. The average molecular weight is 231 g/mol. The molecule has 1 aromatic carbocycles. The van der Waals surface area contributed by atoms with E-state index in [9.17, 15) is 4.79 Å². The Labute approximate surface area is 101 Å². The Kier molecular flexibility index (Phi) is 3.29. The molecule has 3 heteroatoms. The van der Waals surface area contributed by atoms with Crippen LogP contribution < -0.4 is 5.32 Å². The second kappa shape index (κ2) is 4.72. The summed E-state index contributed by atoms with van der Waals surface area (Å²) in [6.45, 7) is 4.03. The maximum absolute atomic E-state index is 11.1. The largest absolute Gasteiger partial charge is 0.480 e. The Morgan fingerprint density at radius 1 is 1.41 bits per heavy atom. The summed E-state index contributed by atoms with van der Waals surface area (Å²) in [6.07, 6.45) is 2.66. The van der Waals surface area contributed by atoms with Crippen LogP contribution in [0.4, 0.5) is 0 Å². The third-order valence-corrected chi connectivity index (χ3v) is 3.13. The van der Waals surface area contributed by atoms with Gasteiger partial charge in [-0.25, -0.2) is 0 Å². The van der Waals surface area contributed by atoms with Gasteiger partial charge in [0.05, 0.1) is 0 Å². The van der Waals surface area contributed by atoms with Crippen molar-refractivity contribution in [2.24, 2.45) is 0 Å². The van der Waals surface area contributed by atoms with Gasteiger partial charge in [-0.2, -0.15) is 0 Å². The second-order valence-electron chi connectivity index (χ2n) is 4.56. The van der Waals surface area contributed by atoms with Crippen molar-refractivity contribution < 1.29 is 9.90 Å². The van der Waals surface area contributed by atoms with Crippen LogP contribution in [0, 0.1) is 6.92 Å². The molecule has 0 saturated carbocycles. The molecule has 1 aromatic rings. The maximum atomic E-state index is 11.1. The van der Waals surface area contributed by atoms with Gasteiger partial charge in [0.1, 0.15) is 6.04 Å². The van der Waals surface area contributed by atoms with Gasteiger partial charge in [-0.3, -0.25) is 10.1 Å². The predicted octanol–water partition coefficient (Wildman–Crippen LogP) is 2.21. The molecule has 0 spiro atoms. The maximum Gasteiger partial charge on any atom is 0.321 e. The summed E-state index contributed by atoms with van der Waals surface area (Å²) in [5, 5.41) is 12.2. The molecule has 1 heterocycles. The van der Waals surface area contributed by atoms with E-state index in [1.165, 1.54) is 5.56 Å². The standard InChI is InChI=1S/C14H17NO2/c1-9-5-3-4-6-12(9)11-7-10(2)15-13(8-11)14(16)17/h3-7,10,13,15H,8H2,1-2H3,(H,16,17)/t10-,13-/m0/s1. The number of aryl methyl sites for hydroxylation is 1. The van der Waals surface area contributed by atoms with E-state index >= 15 is 0 Å². The Morgan fingerprint density at radius 2 is 2.12 bits per heavy atom. The molecule has 0 fully saturated rings. The van der Waals surface area contributed by atoms with Gasteiger partial charge in [0.15, 0.2) is 0 Å². The fourth-order valence-corrected chi connectivity index (χ4v) is 2.31. The lowest BCUT2D eigenvalue weighted by Gasteiger charge is -2.26. The van der Waals surface area contributed by atoms with E-state index in [0.29, 0.717) is 6.42 Å². The number of benzene rings is 1. The van der Waals surface area contributed by atoms with E-state index in [1.54, 1.807) is 0 Å². The summed E-state index contributed by atoms with van der Waals surface area (Å²) in [7, 11) is 0. The van der Waals surface area contributed by atoms with Gasteiger partial charge < -0.3 is 5.11 Å². The first-order chi connectivity index (χ1) is 8.08. The molecule has 1 aliphatic heterocycles. The molecule has 2 atom stereocenters. The van der Waals surface area contributed by atoms with Gasteiger partial charge in [-0.15, -0.1) is 0 Å². The van der Waals surface area contributed by atoms with Crippen molar-refractivity contribution in [3.05, 3.63) is 41.5 Å². The summed E-state index contributed by atoms with van der Waals surface area (Å²) in [5.41, 5.74) is 3.48. The number of rotatable bonds is 2. The second-order valence-corrected chi connectivity index (χ2v) is 4.56. The van der Waals surface area contributed by atoms with Crippen LogP contribution in [0.2, 0.25) is 0 Å². The fraction of sp³-hybridized carbons (Fsp3) is 0.357. The smallest absolute Gasteiger partial charge is 0.321 e. The van der Waals surface area contributed by atoms with Crippen LogP contribution in [0.25, 0.3) is 5.57 Å². The molecule has 17 heavy (non-hydrogen) atoms. The SMILES string of the molecule is Cc1ccccc1C1=C[C@H](C)N[C@H](C(=O)O)C1. The third-order valence-electron chi connectivity index (χ3n) is 3.13. The van der Waals surface area contributed by atoms with E-state index in [0.717, 1.165) is 11.1 Å². The number of hydrogen-bond acceptors (Lipinski definition) is 2. The van der Waals surface area contributed by atoms with Gasteiger partial charge in [0.25, 0.3) is 0 Å². The van der Waals surface area contributed by atoms with E-state index in [2.05, 4.69) is 30.4 Å². The van der Waals surface area contributed by atoms with Crippen molar-refractivity contribution in [1.82, 2.24) is 5.32 Å². The van der Waals surface area contributed by atoms with Crippen LogP contribution >= 0.6 is 0 Å². The highest BCUT2D eigenvalue weighted by Crippen LogP contribution is 2.26. The molecule has 0 saturated heterocycles. The number of nitrogens with one attached hydrogen (secondary N) is 1. The van der Waals surface area contributed by atoms with Crippen LogP contribution in [0.15, 0.2) is 30.3 Å². The summed E-state index contributed by atoms with van der Waals surface area (Å²) >= 11 is 0. The molecule has 90 valence electrons. The Balaban J connectivity index is 2.33. The lowest BCUT2D eigenvalue weighted by Crippen LogP contribution is -2.44. The minimum atomic E-state index is -0.781. The molecule has 0 amide bonds. The highest BCUT2D eigenvalue weighted by Gasteiger charge is 2.25. The monoisotopic (exact) mass is 231 g/mol. The lowest BCUT2D eigenvalue weighted by atomic mass is 9.90. The normalized spacial score (nSPS) is 24.2. The van der Waals surface area contributed by atoms with Crippen molar-refractivity contribution in [2.45, 2.75) is 32.4 Å². The van der Waals surface area contributed by atoms with E-state index in [-0.39, 0.29) is 6.04 Å². The van der Waals surface area contributed by atoms with Crippen molar-refractivity contribution in [3.8, 4) is 0 Å². The molecular formula is C14H17NO2. The number of hydrogen-bond donors (Lipinski definition) is 2. The van der Waals surface area contributed by atoms with Crippen LogP contribution in [-0.2, 0) is 4.79 Å². The van der Waals surface area contributed by atoms with Crippen LogP contribution in [0.1, 0.15) is 24.5 Å². The molecule has 3 nitrogen and oxygen atoms in total. The molecule has 0 bridgehead atoms. The minimum absolute atomic E-state index is 0.0967. The van der Waals surface area contributed by atoms with E-state index in [1.807, 2.05) is 19.1 Å². The zero-order valence-corrected chi connectivity index (χ0v) is 10.1. The molecule has 2 rings (SSSR count).